The highest BCUT2D eigenvalue weighted by Gasteiger charge is 2.13. The van der Waals surface area contributed by atoms with E-state index in [0.29, 0.717) is 0 Å². The van der Waals surface area contributed by atoms with Gasteiger partial charge in [0.25, 0.3) is 0 Å². The van der Waals surface area contributed by atoms with Crippen molar-refractivity contribution in [3.05, 3.63) is 72.3 Å². The van der Waals surface area contributed by atoms with Crippen molar-refractivity contribution in [3.63, 3.8) is 0 Å². The molecule has 3 aromatic carbocycles. The lowest BCUT2D eigenvalue weighted by atomic mass is 10.1. The second-order valence-corrected chi connectivity index (χ2v) is 5.75. The molecule has 0 radical (unpaired) electrons. The Balaban J connectivity index is 1.75. The number of anilines is 2. The lowest BCUT2D eigenvalue weighted by molar-refractivity contribution is -0.116. The van der Waals surface area contributed by atoms with Crippen molar-refractivity contribution in [2.75, 3.05) is 10.6 Å². The van der Waals surface area contributed by atoms with E-state index in [0.717, 1.165) is 27.7 Å². The highest BCUT2D eigenvalue weighted by atomic mass is 16.2. The van der Waals surface area contributed by atoms with Crippen LogP contribution in [0.2, 0.25) is 0 Å². The summed E-state index contributed by atoms with van der Waals surface area (Å²) in [4.78, 5) is 12.5. The van der Waals surface area contributed by atoms with E-state index < -0.39 is 0 Å². The Bertz CT molecular complexity index is 836. The van der Waals surface area contributed by atoms with E-state index in [1.165, 1.54) is 0 Å². The fraction of sp³-hybridized carbons (Fsp3) is 0.150. The Kier molecular flexibility index (Phi) is 4.29. The van der Waals surface area contributed by atoms with Crippen LogP contribution in [0.4, 0.5) is 11.4 Å². The quantitative estimate of drug-likeness (QED) is 0.740. The zero-order chi connectivity index (χ0) is 16.2. The van der Waals surface area contributed by atoms with Crippen LogP contribution in [0.5, 0.6) is 0 Å². The summed E-state index contributed by atoms with van der Waals surface area (Å²) in [5.74, 6) is -0.0529. The van der Waals surface area contributed by atoms with Crippen LogP contribution in [0.15, 0.2) is 66.7 Å². The van der Waals surface area contributed by atoms with E-state index >= 15 is 0 Å². The number of rotatable bonds is 4. The Morgan fingerprint density at radius 2 is 1.70 bits per heavy atom. The maximum absolute atomic E-state index is 12.5. The number of benzene rings is 3. The Morgan fingerprint density at radius 1 is 0.957 bits per heavy atom. The molecule has 0 aromatic heterocycles. The average molecular weight is 304 g/mol. The smallest absolute Gasteiger partial charge is 0.246 e. The summed E-state index contributed by atoms with van der Waals surface area (Å²) in [6.07, 6.45) is 0. The molecule has 0 saturated carbocycles. The van der Waals surface area contributed by atoms with E-state index in [-0.39, 0.29) is 11.9 Å². The normalized spacial score (nSPS) is 11.9. The summed E-state index contributed by atoms with van der Waals surface area (Å²) in [5.41, 5.74) is 2.95. The minimum Gasteiger partial charge on any atom is -0.374 e. The predicted molar refractivity (Wildman–Crippen MR) is 96.8 cm³/mol. The van der Waals surface area contributed by atoms with Crippen molar-refractivity contribution in [3.8, 4) is 0 Å². The molecule has 3 nitrogen and oxygen atoms in total. The van der Waals surface area contributed by atoms with Gasteiger partial charge >= 0.3 is 0 Å². The van der Waals surface area contributed by atoms with Gasteiger partial charge in [-0.15, -0.1) is 0 Å². The standard InChI is InChI=1S/C20H20N2O/c1-14-7-5-10-17(13-14)21-15(2)20(23)22-19-12-6-9-16-8-3-4-11-18(16)19/h3-13,15,21H,1-2H3,(H,22,23). The van der Waals surface area contributed by atoms with Gasteiger partial charge < -0.3 is 10.6 Å². The number of nitrogens with one attached hydrogen (secondary N) is 2. The second kappa shape index (κ2) is 6.53. The topological polar surface area (TPSA) is 41.1 Å². The molecule has 1 atom stereocenters. The summed E-state index contributed by atoms with van der Waals surface area (Å²) in [6.45, 7) is 3.90. The zero-order valence-corrected chi connectivity index (χ0v) is 13.3. The molecule has 0 fully saturated rings. The van der Waals surface area contributed by atoms with Crippen LogP contribution < -0.4 is 10.6 Å². The molecule has 3 heteroatoms. The molecule has 0 aliphatic rings. The van der Waals surface area contributed by atoms with Gasteiger partial charge in [-0.25, -0.2) is 0 Å². The van der Waals surface area contributed by atoms with Crippen LogP contribution in [0, 0.1) is 6.92 Å². The molecule has 0 aliphatic carbocycles. The van der Waals surface area contributed by atoms with Crippen molar-refractivity contribution < 1.29 is 4.79 Å². The molecule has 0 spiro atoms. The molecule has 0 heterocycles. The van der Waals surface area contributed by atoms with Gasteiger partial charge in [-0.05, 0) is 43.0 Å². The van der Waals surface area contributed by atoms with Crippen LogP contribution >= 0.6 is 0 Å². The Labute approximate surface area is 136 Å². The number of hydrogen-bond acceptors (Lipinski definition) is 2. The molecule has 1 unspecified atom stereocenters. The second-order valence-electron chi connectivity index (χ2n) is 5.75. The number of carbonyl (C=O) groups is 1. The third-order valence-corrected chi connectivity index (χ3v) is 3.84. The monoisotopic (exact) mass is 304 g/mol. The number of carbonyl (C=O) groups excluding carboxylic acids is 1. The third-order valence-electron chi connectivity index (χ3n) is 3.84. The minimum absolute atomic E-state index is 0.0529. The van der Waals surface area contributed by atoms with Crippen molar-refractivity contribution in [2.45, 2.75) is 19.9 Å². The first-order valence-electron chi connectivity index (χ1n) is 7.75. The van der Waals surface area contributed by atoms with Crippen LogP contribution in [0.25, 0.3) is 10.8 Å². The molecule has 0 aliphatic heterocycles. The number of fused-ring (bicyclic) bond motifs is 1. The Hall–Kier alpha value is -2.81. The molecule has 1 amide bonds. The van der Waals surface area contributed by atoms with Crippen molar-refractivity contribution in [2.24, 2.45) is 0 Å². The summed E-state index contributed by atoms with van der Waals surface area (Å²) in [6, 6.07) is 21.6. The summed E-state index contributed by atoms with van der Waals surface area (Å²) >= 11 is 0. The highest BCUT2D eigenvalue weighted by molar-refractivity contribution is 6.04. The fourth-order valence-electron chi connectivity index (χ4n) is 2.63. The van der Waals surface area contributed by atoms with Gasteiger partial charge in [0.15, 0.2) is 0 Å². The molecular weight excluding hydrogens is 284 g/mol. The van der Waals surface area contributed by atoms with E-state index in [9.17, 15) is 4.79 Å². The first-order chi connectivity index (χ1) is 11.1. The summed E-state index contributed by atoms with van der Waals surface area (Å²) < 4.78 is 0. The lowest BCUT2D eigenvalue weighted by Crippen LogP contribution is -2.31. The lowest BCUT2D eigenvalue weighted by Gasteiger charge is -2.16. The van der Waals surface area contributed by atoms with Gasteiger partial charge in [0.1, 0.15) is 6.04 Å². The number of aryl methyl sites for hydroxylation is 1. The maximum atomic E-state index is 12.5. The first kappa shape index (κ1) is 15.1. The molecule has 23 heavy (non-hydrogen) atoms. The molecule has 0 saturated heterocycles. The van der Waals surface area contributed by atoms with E-state index in [1.54, 1.807) is 0 Å². The van der Waals surface area contributed by atoms with E-state index in [1.807, 2.05) is 80.6 Å². The minimum atomic E-state index is -0.323. The third kappa shape index (κ3) is 3.51. The van der Waals surface area contributed by atoms with Crippen LogP contribution in [-0.2, 0) is 4.79 Å². The van der Waals surface area contributed by atoms with Crippen molar-refractivity contribution in [1.29, 1.82) is 0 Å². The van der Waals surface area contributed by atoms with Gasteiger partial charge in [-0.3, -0.25) is 4.79 Å². The van der Waals surface area contributed by atoms with Crippen molar-refractivity contribution >= 4 is 28.1 Å². The molecule has 3 aromatic rings. The predicted octanol–water partition coefficient (Wildman–Crippen LogP) is 4.59. The average Bonchev–Trinajstić information content (AvgIpc) is 2.55. The van der Waals surface area contributed by atoms with Gasteiger partial charge in [-0.2, -0.15) is 0 Å². The molecule has 0 bridgehead atoms. The molecule has 116 valence electrons. The van der Waals surface area contributed by atoms with Gasteiger partial charge in [0.2, 0.25) is 5.91 Å². The number of hydrogen-bond donors (Lipinski definition) is 2. The van der Waals surface area contributed by atoms with Gasteiger partial charge in [0, 0.05) is 16.8 Å². The zero-order valence-electron chi connectivity index (χ0n) is 13.3. The molecule has 3 rings (SSSR count). The van der Waals surface area contributed by atoms with Crippen LogP contribution in [0.3, 0.4) is 0 Å². The maximum Gasteiger partial charge on any atom is 0.246 e. The summed E-state index contributed by atoms with van der Waals surface area (Å²) in [7, 11) is 0. The Morgan fingerprint density at radius 3 is 2.52 bits per heavy atom. The number of amides is 1. The first-order valence-corrected chi connectivity index (χ1v) is 7.75. The summed E-state index contributed by atoms with van der Waals surface area (Å²) in [5, 5.41) is 8.42. The molecular formula is C20H20N2O. The highest BCUT2D eigenvalue weighted by Crippen LogP contribution is 2.23. The fourth-order valence-corrected chi connectivity index (χ4v) is 2.63. The van der Waals surface area contributed by atoms with Gasteiger partial charge in [-0.1, -0.05) is 48.5 Å². The van der Waals surface area contributed by atoms with E-state index in [2.05, 4.69) is 10.6 Å². The van der Waals surface area contributed by atoms with Crippen molar-refractivity contribution in [1.82, 2.24) is 0 Å². The van der Waals surface area contributed by atoms with Crippen LogP contribution in [0.1, 0.15) is 12.5 Å². The van der Waals surface area contributed by atoms with Crippen LogP contribution in [-0.4, -0.2) is 11.9 Å². The molecule has 2 N–H and O–H groups in total. The largest absolute Gasteiger partial charge is 0.374 e. The van der Waals surface area contributed by atoms with E-state index in [4.69, 9.17) is 0 Å². The SMILES string of the molecule is Cc1cccc(NC(C)C(=O)Nc2cccc3ccccc23)c1. The van der Waals surface area contributed by atoms with Gasteiger partial charge in [0.05, 0.1) is 0 Å².